The van der Waals surface area contributed by atoms with E-state index in [-0.39, 0.29) is 0 Å². The van der Waals surface area contributed by atoms with Gasteiger partial charge in [0, 0.05) is 12.6 Å². The van der Waals surface area contributed by atoms with Crippen molar-refractivity contribution in [3.8, 4) is 5.88 Å². The van der Waals surface area contributed by atoms with Crippen LogP contribution in [-0.4, -0.2) is 9.55 Å². The summed E-state index contributed by atoms with van der Waals surface area (Å²) in [7, 11) is 0. The van der Waals surface area contributed by atoms with Crippen molar-refractivity contribution in [2.24, 2.45) is 5.92 Å². The van der Waals surface area contributed by atoms with Crippen molar-refractivity contribution in [2.45, 2.75) is 33.2 Å². The van der Waals surface area contributed by atoms with Crippen molar-refractivity contribution < 1.29 is 5.11 Å². The van der Waals surface area contributed by atoms with E-state index in [0.29, 0.717) is 12.5 Å². The van der Waals surface area contributed by atoms with E-state index in [2.05, 4.69) is 18.8 Å². The molecule has 1 rings (SSSR count). The average Bonchev–Trinajstić information content (AvgIpc) is 2.08. The third kappa shape index (κ3) is 3.27. The van der Waals surface area contributed by atoms with E-state index in [9.17, 15) is 14.7 Å². The fraction of sp³-hybridized carbons (Fsp3) is 0.600. The van der Waals surface area contributed by atoms with Gasteiger partial charge < -0.3 is 9.67 Å². The van der Waals surface area contributed by atoms with E-state index in [0.717, 1.165) is 23.5 Å². The van der Waals surface area contributed by atoms with Crippen molar-refractivity contribution in [2.75, 3.05) is 0 Å². The van der Waals surface area contributed by atoms with E-state index >= 15 is 0 Å². The van der Waals surface area contributed by atoms with Crippen LogP contribution in [0, 0.1) is 5.92 Å². The van der Waals surface area contributed by atoms with Crippen LogP contribution in [0.5, 0.6) is 5.88 Å². The number of nitrogens with one attached hydrogen (secondary N) is 1. The SMILES string of the molecule is CC(C)CCCn1c([O-])cc(=O)[nH]c1=O. The van der Waals surface area contributed by atoms with E-state index in [1.807, 2.05) is 0 Å². The van der Waals surface area contributed by atoms with Crippen LogP contribution in [0.25, 0.3) is 0 Å². The van der Waals surface area contributed by atoms with Gasteiger partial charge in [0.05, 0.1) is 0 Å². The van der Waals surface area contributed by atoms with Crippen LogP contribution in [0.4, 0.5) is 0 Å². The summed E-state index contributed by atoms with van der Waals surface area (Å²) in [4.78, 5) is 24.1. The Bertz CT molecular complexity index is 431. The number of hydrogen-bond donors (Lipinski definition) is 1. The lowest BCUT2D eigenvalue weighted by Crippen LogP contribution is -2.31. The fourth-order valence-electron chi connectivity index (χ4n) is 1.37. The molecule has 84 valence electrons. The third-order valence-corrected chi connectivity index (χ3v) is 2.16. The molecule has 0 saturated heterocycles. The number of H-pyrrole nitrogens is 1. The molecule has 1 heterocycles. The maximum absolute atomic E-state index is 11.3. The molecule has 0 fully saturated rings. The molecule has 0 aliphatic rings. The van der Waals surface area contributed by atoms with Crippen molar-refractivity contribution in [1.82, 2.24) is 9.55 Å². The van der Waals surface area contributed by atoms with Gasteiger partial charge in [0.2, 0.25) is 0 Å². The molecule has 0 aromatic carbocycles. The van der Waals surface area contributed by atoms with Crippen molar-refractivity contribution >= 4 is 0 Å². The lowest BCUT2D eigenvalue weighted by atomic mass is 10.1. The van der Waals surface area contributed by atoms with Gasteiger partial charge in [0.25, 0.3) is 5.56 Å². The second kappa shape index (κ2) is 4.82. The summed E-state index contributed by atoms with van der Waals surface area (Å²) in [6.45, 7) is 4.52. The highest BCUT2D eigenvalue weighted by molar-refractivity contribution is 5.03. The number of rotatable bonds is 4. The van der Waals surface area contributed by atoms with Crippen LogP contribution in [0.15, 0.2) is 15.7 Å². The second-order valence-electron chi connectivity index (χ2n) is 3.96. The molecule has 0 aliphatic heterocycles. The molecule has 0 aliphatic carbocycles. The molecule has 1 aromatic rings. The van der Waals surface area contributed by atoms with Crippen molar-refractivity contribution in [1.29, 1.82) is 0 Å². The lowest BCUT2D eigenvalue weighted by Gasteiger charge is -2.15. The first-order valence-electron chi connectivity index (χ1n) is 5.02. The summed E-state index contributed by atoms with van der Waals surface area (Å²) in [5.41, 5.74) is -1.25. The zero-order chi connectivity index (χ0) is 11.4. The number of nitrogens with zero attached hydrogens (tertiary/aromatic N) is 1. The second-order valence-corrected chi connectivity index (χ2v) is 3.96. The number of hydrogen-bond acceptors (Lipinski definition) is 3. The van der Waals surface area contributed by atoms with Crippen molar-refractivity contribution in [3.63, 3.8) is 0 Å². The smallest absolute Gasteiger partial charge is 0.327 e. The average molecular weight is 211 g/mol. The topological polar surface area (TPSA) is 77.9 Å². The summed E-state index contributed by atoms with van der Waals surface area (Å²) in [5, 5.41) is 11.3. The molecule has 0 spiro atoms. The molecular weight excluding hydrogens is 196 g/mol. The molecule has 1 aromatic heterocycles. The first kappa shape index (κ1) is 11.6. The highest BCUT2D eigenvalue weighted by Crippen LogP contribution is 2.06. The molecule has 15 heavy (non-hydrogen) atoms. The molecule has 1 N–H and O–H groups in total. The highest BCUT2D eigenvalue weighted by atomic mass is 16.3. The third-order valence-electron chi connectivity index (χ3n) is 2.16. The Hall–Kier alpha value is -1.52. The largest absolute Gasteiger partial charge is 0.860 e. The normalized spacial score (nSPS) is 10.9. The summed E-state index contributed by atoms with van der Waals surface area (Å²) < 4.78 is 1.06. The minimum Gasteiger partial charge on any atom is -0.860 e. The zero-order valence-electron chi connectivity index (χ0n) is 8.95. The molecule has 0 amide bonds. The van der Waals surface area contributed by atoms with Gasteiger partial charge in [-0.2, -0.15) is 0 Å². The van der Waals surface area contributed by atoms with E-state index in [1.54, 1.807) is 0 Å². The Labute approximate surface area is 87.4 Å². The van der Waals surface area contributed by atoms with Crippen LogP contribution in [0.1, 0.15) is 26.7 Å². The minimum atomic E-state index is -0.634. The van der Waals surface area contributed by atoms with Crippen LogP contribution in [0.3, 0.4) is 0 Å². The molecule has 0 radical (unpaired) electrons. The summed E-state index contributed by atoms with van der Waals surface area (Å²) in [6, 6.07) is 0.900. The van der Waals surface area contributed by atoms with E-state index < -0.39 is 17.1 Å². The van der Waals surface area contributed by atoms with E-state index in [4.69, 9.17) is 0 Å². The molecular formula is C10H15N2O3-. The Morgan fingerprint density at radius 1 is 1.47 bits per heavy atom. The standard InChI is InChI=1S/C10H16N2O3/c1-7(2)4-3-5-12-9(14)6-8(13)11-10(12)15/h6-7,14H,3-5H2,1-2H3,(H,11,13,15)/p-1. The van der Waals surface area contributed by atoms with Gasteiger partial charge in [0.15, 0.2) is 0 Å². The summed E-state index contributed by atoms with van der Waals surface area (Å²) in [6.07, 6.45) is 1.71. The Balaban J connectivity index is 2.77. The molecule has 5 nitrogen and oxygen atoms in total. The van der Waals surface area contributed by atoms with E-state index in [1.165, 1.54) is 0 Å². The maximum atomic E-state index is 11.3. The highest BCUT2D eigenvalue weighted by Gasteiger charge is 1.99. The molecule has 0 saturated carbocycles. The summed E-state index contributed by atoms with van der Waals surface area (Å²) in [5.74, 6) is 0.0195. The van der Waals surface area contributed by atoms with Crippen LogP contribution in [0.2, 0.25) is 0 Å². The fourth-order valence-corrected chi connectivity index (χ4v) is 1.37. The Morgan fingerprint density at radius 3 is 2.67 bits per heavy atom. The molecule has 0 bridgehead atoms. The Morgan fingerprint density at radius 2 is 2.13 bits per heavy atom. The van der Waals surface area contributed by atoms with Gasteiger partial charge in [-0.15, -0.1) is 0 Å². The molecule has 0 atom stereocenters. The van der Waals surface area contributed by atoms with Crippen LogP contribution < -0.4 is 16.4 Å². The van der Waals surface area contributed by atoms with Crippen LogP contribution in [-0.2, 0) is 6.54 Å². The monoisotopic (exact) mass is 211 g/mol. The Kier molecular flexibility index (Phi) is 3.71. The number of aromatic amines is 1. The predicted octanol–water partition coefficient (Wildman–Crippen LogP) is 0.0464. The van der Waals surface area contributed by atoms with Crippen molar-refractivity contribution in [3.05, 3.63) is 26.9 Å². The number of aromatic nitrogens is 2. The van der Waals surface area contributed by atoms with Gasteiger partial charge >= 0.3 is 5.69 Å². The first-order chi connectivity index (χ1) is 7.00. The summed E-state index contributed by atoms with van der Waals surface area (Å²) >= 11 is 0. The first-order valence-corrected chi connectivity index (χ1v) is 5.02. The van der Waals surface area contributed by atoms with Gasteiger partial charge in [-0.1, -0.05) is 13.8 Å². The lowest BCUT2D eigenvalue weighted by molar-refractivity contribution is -0.280. The molecule has 5 heteroatoms. The van der Waals surface area contributed by atoms with Gasteiger partial charge in [-0.05, 0) is 24.6 Å². The maximum Gasteiger partial charge on any atom is 0.327 e. The van der Waals surface area contributed by atoms with Crippen LogP contribution >= 0.6 is 0 Å². The van der Waals surface area contributed by atoms with Gasteiger partial charge in [0.1, 0.15) is 0 Å². The predicted molar refractivity (Wildman–Crippen MR) is 54.8 cm³/mol. The zero-order valence-corrected chi connectivity index (χ0v) is 8.95. The quantitative estimate of drug-likeness (QED) is 0.764. The van der Waals surface area contributed by atoms with Gasteiger partial charge in [-0.25, -0.2) is 4.79 Å². The van der Waals surface area contributed by atoms with Gasteiger partial charge in [-0.3, -0.25) is 9.78 Å². The molecule has 0 unspecified atom stereocenters. The minimum absolute atomic E-state index is 0.368.